The molecule has 1 heterocycles. The molecule has 181 valence electrons. The minimum atomic E-state index is -4.77. The minimum absolute atomic E-state index is 0.145. The van der Waals surface area contributed by atoms with Gasteiger partial charge >= 0.3 is 6.18 Å². The molecule has 1 amide bonds. The van der Waals surface area contributed by atoms with E-state index in [4.69, 9.17) is 28.9 Å². The fourth-order valence-electron chi connectivity index (χ4n) is 4.47. The zero-order chi connectivity index (χ0) is 25.8. The Hall–Kier alpha value is -3.55. The van der Waals surface area contributed by atoms with E-state index in [9.17, 15) is 22.4 Å². The molecule has 0 unspecified atom stereocenters. The molecule has 36 heavy (non-hydrogen) atoms. The Bertz CT molecular complexity index is 1650. The molecule has 9 heteroatoms. The van der Waals surface area contributed by atoms with E-state index in [2.05, 4.69) is 6.07 Å². The summed E-state index contributed by atoms with van der Waals surface area (Å²) < 4.78 is 56.6. The molecule has 0 atom stereocenters. The molecule has 0 saturated carbocycles. The number of nitrogens with zero attached hydrogens (tertiary/aromatic N) is 1. The molecule has 0 aliphatic rings. The number of benzene rings is 4. The van der Waals surface area contributed by atoms with E-state index in [0.29, 0.717) is 49.0 Å². The number of amides is 1. The smallest absolute Gasteiger partial charge is 0.366 e. The first-order valence-corrected chi connectivity index (χ1v) is 11.4. The summed E-state index contributed by atoms with van der Waals surface area (Å²) >= 11 is 12.8. The van der Waals surface area contributed by atoms with E-state index >= 15 is 0 Å². The van der Waals surface area contributed by atoms with E-state index in [-0.39, 0.29) is 17.7 Å². The second-order valence-electron chi connectivity index (χ2n) is 8.19. The maximum atomic E-state index is 13.8. The summed E-state index contributed by atoms with van der Waals surface area (Å²) in [5, 5.41) is 1.71. The molecule has 5 rings (SSSR count). The number of halogens is 6. The topological polar surface area (TPSA) is 48.0 Å². The number of rotatable bonds is 4. The highest BCUT2D eigenvalue weighted by atomic mass is 35.5. The van der Waals surface area contributed by atoms with Gasteiger partial charge in [0, 0.05) is 38.5 Å². The molecule has 0 spiro atoms. The number of carbonyl (C=O) groups excluding carboxylic acids is 1. The van der Waals surface area contributed by atoms with Crippen LogP contribution in [-0.4, -0.2) is 10.5 Å². The van der Waals surface area contributed by atoms with Gasteiger partial charge in [-0.05, 0) is 65.7 Å². The van der Waals surface area contributed by atoms with Crippen LogP contribution in [0.4, 0.5) is 17.6 Å². The third-order valence-corrected chi connectivity index (χ3v) is 6.65. The van der Waals surface area contributed by atoms with E-state index in [1.165, 1.54) is 0 Å². The average molecular weight is 530 g/mol. The first-order valence-electron chi connectivity index (χ1n) is 10.6. The predicted octanol–water partition coefficient (Wildman–Crippen LogP) is 7.87. The second kappa shape index (κ2) is 8.84. The molecule has 0 bridgehead atoms. The Morgan fingerprint density at radius 3 is 2.33 bits per heavy atom. The van der Waals surface area contributed by atoms with Crippen molar-refractivity contribution in [2.24, 2.45) is 5.73 Å². The van der Waals surface area contributed by atoms with Crippen LogP contribution in [-0.2, 0) is 12.7 Å². The highest BCUT2D eigenvalue weighted by Crippen LogP contribution is 2.40. The number of fused-ring (bicyclic) bond motifs is 3. The van der Waals surface area contributed by atoms with E-state index in [1.807, 2.05) is 0 Å². The highest BCUT2D eigenvalue weighted by Gasteiger charge is 2.34. The van der Waals surface area contributed by atoms with Crippen LogP contribution >= 0.6 is 23.2 Å². The van der Waals surface area contributed by atoms with E-state index < -0.39 is 23.5 Å². The van der Waals surface area contributed by atoms with Crippen molar-refractivity contribution in [1.29, 1.82) is 0 Å². The van der Waals surface area contributed by atoms with Gasteiger partial charge in [-0.25, -0.2) is 4.39 Å². The predicted molar refractivity (Wildman–Crippen MR) is 133 cm³/mol. The summed E-state index contributed by atoms with van der Waals surface area (Å²) in [5.41, 5.74) is 6.63. The van der Waals surface area contributed by atoms with Gasteiger partial charge in [-0.15, -0.1) is 0 Å². The zero-order valence-corrected chi connectivity index (χ0v) is 19.8. The number of primary amides is 1. The molecule has 0 saturated heterocycles. The second-order valence-corrected chi connectivity index (χ2v) is 9.01. The Labute approximate surface area is 212 Å². The van der Waals surface area contributed by atoms with Gasteiger partial charge in [0.2, 0.25) is 5.91 Å². The Morgan fingerprint density at radius 2 is 1.67 bits per heavy atom. The van der Waals surface area contributed by atoms with Crippen molar-refractivity contribution in [3.8, 4) is 11.1 Å². The highest BCUT2D eigenvalue weighted by molar-refractivity contribution is 6.39. The van der Waals surface area contributed by atoms with Crippen LogP contribution in [0.15, 0.2) is 66.7 Å². The quantitative estimate of drug-likeness (QED) is 0.236. The number of nitrogens with two attached hydrogens (primary N) is 1. The third-order valence-electron chi connectivity index (χ3n) is 6.02. The summed E-state index contributed by atoms with van der Waals surface area (Å²) in [5.74, 6) is -1.68. The number of aromatic nitrogens is 1. The molecular weight excluding hydrogens is 515 g/mol. The lowest BCUT2D eigenvalue weighted by Gasteiger charge is -2.15. The Balaban J connectivity index is 1.84. The summed E-state index contributed by atoms with van der Waals surface area (Å²) in [6.45, 7) is -0.259. The average Bonchev–Trinajstić information content (AvgIpc) is 3.12. The SMILES string of the molecule is NC(=O)c1cccc2c1c1[c]cc(-c3c(Cl)cccc3Cl)cc1n2Cc1ccc(F)cc1C(F)(F)F. The van der Waals surface area contributed by atoms with Gasteiger partial charge in [-0.2, -0.15) is 13.2 Å². The molecule has 0 fully saturated rings. The molecule has 1 radical (unpaired) electrons. The molecule has 5 aromatic rings. The van der Waals surface area contributed by atoms with Crippen molar-refractivity contribution in [2.75, 3.05) is 0 Å². The lowest BCUT2D eigenvalue weighted by Crippen LogP contribution is -2.13. The van der Waals surface area contributed by atoms with Crippen molar-refractivity contribution in [2.45, 2.75) is 12.7 Å². The molecule has 0 aliphatic heterocycles. The molecule has 3 nitrogen and oxygen atoms in total. The number of alkyl halides is 3. The fraction of sp³-hybridized carbons (Fsp3) is 0.0741. The van der Waals surface area contributed by atoms with Gasteiger partial charge < -0.3 is 10.3 Å². The fourth-order valence-corrected chi connectivity index (χ4v) is 5.09. The van der Waals surface area contributed by atoms with Gasteiger partial charge in [0.1, 0.15) is 5.82 Å². The van der Waals surface area contributed by atoms with Crippen LogP contribution in [0.25, 0.3) is 32.9 Å². The molecule has 2 N–H and O–H groups in total. The molecule has 4 aromatic carbocycles. The zero-order valence-electron chi connectivity index (χ0n) is 18.3. The Morgan fingerprint density at radius 1 is 0.972 bits per heavy atom. The third kappa shape index (κ3) is 4.08. The summed E-state index contributed by atoms with van der Waals surface area (Å²) in [7, 11) is 0. The van der Waals surface area contributed by atoms with Crippen molar-refractivity contribution in [1.82, 2.24) is 4.57 Å². The van der Waals surface area contributed by atoms with Gasteiger partial charge in [0.05, 0.1) is 16.6 Å². The monoisotopic (exact) mass is 529 g/mol. The number of hydrogen-bond donors (Lipinski definition) is 1. The van der Waals surface area contributed by atoms with Crippen molar-refractivity contribution < 1.29 is 22.4 Å². The molecule has 1 aromatic heterocycles. The van der Waals surface area contributed by atoms with E-state index in [1.54, 1.807) is 53.1 Å². The van der Waals surface area contributed by atoms with Crippen LogP contribution in [0.3, 0.4) is 0 Å². The van der Waals surface area contributed by atoms with Crippen molar-refractivity contribution in [3.05, 3.63) is 105 Å². The Kier molecular flexibility index (Phi) is 5.93. The maximum absolute atomic E-state index is 13.8. The normalized spacial score (nSPS) is 11.9. The molecule has 0 aliphatic carbocycles. The minimum Gasteiger partial charge on any atom is -0.366 e. The summed E-state index contributed by atoms with van der Waals surface area (Å²) in [6, 6.07) is 18.9. The van der Waals surface area contributed by atoms with Crippen molar-refractivity contribution >= 4 is 50.9 Å². The first-order chi connectivity index (χ1) is 17.1. The largest absolute Gasteiger partial charge is 0.416 e. The maximum Gasteiger partial charge on any atom is 0.416 e. The van der Waals surface area contributed by atoms with Crippen LogP contribution in [0.5, 0.6) is 0 Å². The van der Waals surface area contributed by atoms with Gasteiger partial charge in [-0.1, -0.05) is 41.4 Å². The lowest BCUT2D eigenvalue weighted by molar-refractivity contribution is -0.138. The van der Waals surface area contributed by atoms with Crippen molar-refractivity contribution in [3.63, 3.8) is 0 Å². The first kappa shape index (κ1) is 24.2. The van der Waals surface area contributed by atoms with Gasteiger partial charge in [0.25, 0.3) is 0 Å². The van der Waals surface area contributed by atoms with E-state index in [0.717, 1.165) is 12.1 Å². The van der Waals surface area contributed by atoms with Crippen LogP contribution in [0.2, 0.25) is 10.0 Å². The standard InChI is InChI=1S/C27H15Cl2F4N2O/c28-20-4-2-5-21(29)24(20)14-8-10-17-23(11-14)35(22-6-1-3-18(25(17)22)26(34)36)13-15-7-9-16(30)12-19(15)27(31,32)33/h1-9,11-12H,13H2,(H2,34,36). The number of hydrogen-bond acceptors (Lipinski definition) is 1. The van der Waals surface area contributed by atoms with Crippen LogP contribution in [0, 0.1) is 11.9 Å². The van der Waals surface area contributed by atoms with Gasteiger partial charge in [0.15, 0.2) is 0 Å². The molecular formula is C27H15Cl2F4N2O. The lowest BCUT2D eigenvalue weighted by atomic mass is 10.0. The number of carbonyl (C=O) groups is 1. The van der Waals surface area contributed by atoms with Gasteiger partial charge in [-0.3, -0.25) is 4.79 Å². The van der Waals surface area contributed by atoms with Crippen LogP contribution in [0.1, 0.15) is 21.5 Å². The summed E-state index contributed by atoms with van der Waals surface area (Å²) in [4.78, 5) is 12.2. The summed E-state index contributed by atoms with van der Waals surface area (Å²) in [6.07, 6.45) is -4.77. The van der Waals surface area contributed by atoms with Crippen LogP contribution < -0.4 is 5.73 Å².